The minimum Gasteiger partial charge on any atom is -0.481 e. The molecule has 18 atom stereocenters. The zero-order valence-electron chi connectivity index (χ0n) is 38.0. The normalized spacial score (nSPS) is 44.3. The molecule has 3 aliphatic heterocycles. The van der Waals surface area contributed by atoms with Crippen LogP contribution in [0.3, 0.4) is 0 Å². The zero-order chi connectivity index (χ0) is 48.3. The maximum absolute atomic E-state index is 12.8. The molecule has 0 aromatic carbocycles. The number of fused-ring (bicyclic) bond motifs is 2. The van der Waals surface area contributed by atoms with Crippen LogP contribution in [-0.2, 0) is 28.5 Å². The van der Waals surface area contributed by atoms with E-state index in [9.17, 15) is 60.7 Å². The van der Waals surface area contributed by atoms with Crippen LogP contribution in [0.2, 0.25) is 0 Å². The number of carbonyl (C=O) groups excluding carboxylic acids is 1. The molecule has 0 unspecified atom stereocenters. The summed E-state index contributed by atoms with van der Waals surface area (Å²) >= 11 is 0. The second-order valence-electron chi connectivity index (χ2n) is 17.7. The van der Waals surface area contributed by atoms with Crippen molar-refractivity contribution in [2.24, 2.45) is 23.5 Å². The van der Waals surface area contributed by atoms with E-state index >= 15 is 0 Å². The summed E-state index contributed by atoms with van der Waals surface area (Å²) in [5.74, 6) is -6.52. The van der Waals surface area contributed by atoms with E-state index in [0.717, 1.165) is 0 Å². The highest BCUT2D eigenvalue weighted by atomic mass is 16.7. The number of rotatable bonds is 4. The summed E-state index contributed by atoms with van der Waals surface area (Å²) in [4.78, 5) is 25.2. The molecule has 2 fully saturated rings. The smallest absolute Gasteiger partial charge is 0.311 e. The largest absolute Gasteiger partial charge is 0.481 e. The first kappa shape index (κ1) is 55.9. The molecule has 12 N–H and O–H groups in total. The third-order valence-electron chi connectivity index (χ3n) is 12.1. The molecule has 0 aromatic heterocycles. The molecule has 65 heavy (non-hydrogen) atoms. The van der Waals surface area contributed by atoms with Crippen LogP contribution in [-0.4, -0.2) is 154 Å². The molecule has 0 radical (unpaired) electrons. The minimum atomic E-state index is -2.23. The zero-order valence-corrected chi connectivity index (χ0v) is 38.0. The van der Waals surface area contributed by atoms with Gasteiger partial charge in [0.1, 0.15) is 18.1 Å². The number of aliphatic carboxylic acids is 1. The number of aliphatic hydroxyl groups excluding tert-OH is 8. The Morgan fingerprint density at radius 1 is 0.738 bits per heavy atom. The minimum absolute atomic E-state index is 0.123. The van der Waals surface area contributed by atoms with Gasteiger partial charge in [-0.15, -0.1) is 0 Å². The van der Waals surface area contributed by atoms with Gasteiger partial charge in [-0.2, -0.15) is 0 Å². The number of allylic oxidation sites excluding steroid dienone is 12. The standard InChI is InChI=1S/C48H75NO16/c1-5-38-30(3)43(56)29(2)19-16-14-12-10-8-6-7-9-11-13-15-17-22-36(63-47-45(58)42(49)44(57)31(4)62-47)26-39-41(46(59)60)37(54)28-48(61,65-39)27-35(53)24-33(51)21-18-20-32(50)23-34(52)25-40(55)64-38/h6-17,19,22,29-39,41-45,47,50-54,56-58,61H,5,18,20-21,23-28,49H2,1-4H3,(H,59,60)/b7-6+,10-8+,11-9+,14-12+,15-13+,19-16+,22-17+/t29-,30-,31+,32+,33-,34+,35-,36-,37-,38-,39-,41+,42-,43+,44+,45-,47-,48+/m0/s1. The van der Waals surface area contributed by atoms with Crippen LogP contribution in [0.4, 0.5) is 0 Å². The number of aliphatic hydroxyl groups is 9. The number of cyclic esters (lactones) is 1. The molecule has 3 aliphatic rings. The fourth-order valence-electron chi connectivity index (χ4n) is 8.36. The van der Waals surface area contributed by atoms with Crippen LogP contribution in [0.25, 0.3) is 0 Å². The summed E-state index contributed by atoms with van der Waals surface area (Å²) in [5, 5.41) is 108. The van der Waals surface area contributed by atoms with Crippen molar-refractivity contribution >= 4 is 11.9 Å². The van der Waals surface area contributed by atoms with Gasteiger partial charge in [-0.1, -0.05) is 106 Å². The second-order valence-corrected chi connectivity index (χ2v) is 17.7. The van der Waals surface area contributed by atoms with Crippen molar-refractivity contribution in [1.82, 2.24) is 0 Å². The van der Waals surface area contributed by atoms with Gasteiger partial charge in [0.15, 0.2) is 12.1 Å². The second kappa shape index (κ2) is 28.1. The third kappa shape index (κ3) is 19.0. The van der Waals surface area contributed by atoms with E-state index in [0.29, 0.717) is 6.42 Å². The molecule has 3 rings (SSSR count). The lowest BCUT2D eigenvalue weighted by Gasteiger charge is -2.45. The molecule has 0 saturated carbocycles. The van der Waals surface area contributed by atoms with Crippen LogP contribution in [0, 0.1) is 17.8 Å². The Hall–Kier alpha value is -3.40. The van der Waals surface area contributed by atoms with Gasteiger partial charge in [-0.3, -0.25) is 9.59 Å². The van der Waals surface area contributed by atoms with Crippen molar-refractivity contribution < 1.29 is 79.6 Å². The topological polar surface area (TPSA) is 299 Å². The predicted molar refractivity (Wildman–Crippen MR) is 240 cm³/mol. The highest BCUT2D eigenvalue weighted by Crippen LogP contribution is 2.38. The molecule has 0 aliphatic carbocycles. The van der Waals surface area contributed by atoms with E-state index in [-0.39, 0.29) is 50.9 Å². The van der Waals surface area contributed by atoms with Gasteiger partial charge in [0.25, 0.3) is 0 Å². The van der Waals surface area contributed by atoms with Gasteiger partial charge in [0, 0.05) is 31.1 Å². The quantitative estimate of drug-likeness (QED) is 0.180. The molecular formula is C48H75NO16. The van der Waals surface area contributed by atoms with E-state index in [4.69, 9.17) is 24.7 Å². The number of esters is 1. The van der Waals surface area contributed by atoms with Gasteiger partial charge in [-0.05, 0) is 45.4 Å². The first-order valence-electron chi connectivity index (χ1n) is 22.8. The van der Waals surface area contributed by atoms with Gasteiger partial charge in [-0.25, -0.2) is 0 Å². The number of ether oxygens (including phenoxy) is 4. The summed E-state index contributed by atoms with van der Waals surface area (Å²) < 4.78 is 23.4. The van der Waals surface area contributed by atoms with Crippen molar-refractivity contribution in [3.63, 3.8) is 0 Å². The van der Waals surface area contributed by atoms with Gasteiger partial charge in [0.2, 0.25) is 0 Å². The van der Waals surface area contributed by atoms with E-state index in [1.54, 1.807) is 56.4 Å². The predicted octanol–water partition coefficient (Wildman–Crippen LogP) is 2.13. The van der Waals surface area contributed by atoms with E-state index in [1.807, 2.05) is 56.4 Å². The van der Waals surface area contributed by atoms with Crippen LogP contribution >= 0.6 is 0 Å². The molecule has 17 heteroatoms. The Bertz CT molecular complexity index is 1650. The first-order valence-corrected chi connectivity index (χ1v) is 22.8. The van der Waals surface area contributed by atoms with Crippen molar-refractivity contribution in [3.8, 4) is 0 Å². The van der Waals surface area contributed by atoms with Gasteiger partial charge < -0.3 is 75.7 Å². The van der Waals surface area contributed by atoms with E-state index < -0.39 is 128 Å². The number of carboxylic acids is 1. The Labute approximate surface area is 382 Å². The van der Waals surface area contributed by atoms with E-state index in [2.05, 4.69) is 0 Å². The molecule has 0 spiro atoms. The Kier molecular flexibility index (Phi) is 24.1. The molecule has 368 valence electrons. The van der Waals surface area contributed by atoms with Crippen LogP contribution in [0.15, 0.2) is 85.1 Å². The molecule has 2 saturated heterocycles. The summed E-state index contributed by atoms with van der Waals surface area (Å²) in [7, 11) is 0. The Balaban J connectivity index is 1.84. The summed E-state index contributed by atoms with van der Waals surface area (Å²) in [6.07, 6.45) is 8.46. The molecule has 0 amide bonds. The number of hydrogen-bond donors (Lipinski definition) is 11. The number of hydrogen-bond acceptors (Lipinski definition) is 16. The highest BCUT2D eigenvalue weighted by Gasteiger charge is 2.51. The number of carboxylic acid groups (broad SMARTS) is 1. The molecular weight excluding hydrogens is 847 g/mol. The molecule has 3 heterocycles. The van der Waals surface area contributed by atoms with Gasteiger partial charge >= 0.3 is 11.9 Å². The molecule has 2 bridgehead atoms. The fourth-order valence-corrected chi connectivity index (χ4v) is 8.36. The average Bonchev–Trinajstić information content (AvgIpc) is 3.22. The maximum atomic E-state index is 12.8. The fraction of sp³-hybridized carbons (Fsp3) is 0.667. The lowest BCUT2D eigenvalue weighted by molar-refractivity contribution is -0.308. The van der Waals surface area contributed by atoms with Crippen molar-refractivity contribution in [2.75, 3.05) is 0 Å². The lowest BCUT2D eigenvalue weighted by Crippen LogP contribution is -2.61. The van der Waals surface area contributed by atoms with Crippen molar-refractivity contribution in [1.29, 1.82) is 0 Å². The third-order valence-corrected chi connectivity index (χ3v) is 12.1. The average molecular weight is 922 g/mol. The van der Waals surface area contributed by atoms with Gasteiger partial charge in [0.05, 0.1) is 73.5 Å². The van der Waals surface area contributed by atoms with Crippen LogP contribution in [0.1, 0.15) is 91.9 Å². The summed E-state index contributed by atoms with van der Waals surface area (Å²) in [6, 6.07) is -1.13. The van der Waals surface area contributed by atoms with Crippen molar-refractivity contribution in [2.45, 2.75) is 183 Å². The highest BCUT2D eigenvalue weighted by molar-refractivity contribution is 5.71. The monoisotopic (exact) mass is 922 g/mol. The number of carbonyl (C=O) groups is 2. The van der Waals surface area contributed by atoms with Crippen LogP contribution in [0.5, 0.6) is 0 Å². The summed E-state index contributed by atoms with van der Waals surface area (Å²) in [5.41, 5.74) is 6.03. The summed E-state index contributed by atoms with van der Waals surface area (Å²) in [6.45, 7) is 7.04. The maximum Gasteiger partial charge on any atom is 0.311 e. The first-order chi connectivity index (χ1) is 30.7. The van der Waals surface area contributed by atoms with E-state index in [1.165, 1.54) is 0 Å². The van der Waals surface area contributed by atoms with Crippen molar-refractivity contribution in [3.05, 3.63) is 85.1 Å². The molecule has 0 aromatic rings. The molecule has 17 nitrogen and oxygen atoms in total. The SMILES string of the molecule is CC[C@@H]1OC(=O)C[C@H](O)C[C@H](O)CCC[C@H](O)C[C@H](O)C[C@]2(O)C[C@H](O)[C@@H](C(=O)O)[C@H](C[C@@H](O[C@@H]3O[C@H](C)[C@@H](O)[C@H](N)[C@@H]3O)/C=C/C=C/C=C/C=C/C=C/C=C/C=C/[C@H](C)[C@@H](O)[C@H]1C)O2. The Morgan fingerprint density at radius 2 is 1.28 bits per heavy atom. The lowest BCUT2D eigenvalue weighted by atomic mass is 9.82. The number of nitrogens with two attached hydrogens (primary N) is 1. The van der Waals surface area contributed by atoms with Crippen LogP contribution < -0.4 is 5.73 Å². The Morgan fingerprint density at radius 3 is 1.83 bits per heavy atom.